The van der Waals surface area contributed by atoms with Crippen LogP contribution in [-0.4, -0.2) is 27.5 Å². The van der Waals surface area contributed by atoms with Crippen molar-refractivity contribution in [2.45, 2.75) is 6.92 Å². The molecular formula is C17H15N5O4S. The number of benzene rings is 1. The molecule has 0 aliphatic carbocycles. The SMILES string of the molecule is CC(=O)Nc1ccc(C(=O)NNC(=O)c2nn(C)c(=O)c3ccccc23)s1. The Labute approximate surface area is 157 Å². The molecule has 3 rings (SSSR count). The lowest BCUT2D eigenvalue weighted by molar-refractivity contribution is -0.114. The molecule has 0 bridgehead atoms. The summed E-state index contributed by atoms with van der Waals surface area (Å²) >= 11 is 1.07. The third-order valence-electron chi connectivity index (χ3n) is 3.59. The Bertz CT molecular complexity index is 1120. The molecule has 10 heteroatoms. The zero-order valence-electron chi connectivity index (χ0n) is 14.4. The first-order valence-corrected chi connectivity index (χ1v) is 8.62. The van der Waals surface area contributed by atoms with Crippen molar-refractivity contribution < 1.29 is 14.4 Å². The second-order valence-electron chi connectivity index (χ2n) is 5.58. The molecule has 0 aliphatic heterocycles. The van der Waals surface area contributed by atoms with Crippen molar-refractivity contribution in [3.63, 3.8) is 0 Å². The molecule has 0 spiro atoms. The number of amides is 3. The minimum absolute atomic E-state index is 0.0121. The van der Waals surface area contributed by atoms with Gasteiger partial charge in [0.25, 0.3) is 17.4 Å². The number of hydrazine groups is 1. The van der Waals surface area contributed by atoms with E-state index >= 15 is 0 Å². The summed E-state index contributed by atoms with van der Waals surface area (Å²) in [5, 5.41) is 7.81. The van der Waals surface area contributed by atoms with E-state index in [0.717, 1.165) is 16.0 Å². The zero-order chi connectivity index (χ0) is 19.6. The predicted molar refractivity (Wildman–Crippen MR) is 101 cm³/mol. The van der Waals surface area contributed by atoms with Gasteiger partial charge in [0.2, 0.25) is 5.91 Å². The Balaban J connectivity index is 1.76. The fourth-order valence-electron chi connectivity index (χ4n) is 2.40. The molecule has 2 heterocycles. The van der Waals surface area contributed by atoms with Gasteiger partial charge in [-0.05, 0) is 18.2 Å². The van der Waals surface area contributed by atoms with Gasteiger partial charge in [-0.3, -0.25) is 30.0 Å². The van der Waals surface area contributed by atoms with E-state index in [1.165, 1.54) is 20.0 Å². The number of nitrogens with one attached hydrogen (secondary N) is 3. The van der Waals surface area contributed by atoms with Crippen LogP contribution in [0.3, 0.4) is 0 Å². The number of carbonyl (C=O) groups excluding carboxylic acids is 3. The van der Waals surface area contributed by atoms with Crippen molar-refractivity contribution in [3.05, 3.63) is 57.3 Å². The number of nitrogens with zero attached hydrogens (tertiary/aromatic N) is 2. The van der Waals surface area contributed by atoms with Crippen LogP contribution in [0.4, 0.5) is 5.00 Å². The van der Waals surface area contributed by atoms with Crippen LogP contribution in [0.15, 0.2) is 41.2 Å². The van der Waals surface area contributed by atoms with Gasteiger partial charge in [-0.15, -0.1) is 11.3 Å². The molecule has 0 saturated carbocycles. The summed E-state index contributed by atoms with van der Waals surface area (Å²) in [6, 6.07) is 9.70. The average Bonchev–Trinajstić information content (AvgIpc) is 3.10. The lowest BCUT2D eigenvalue weighted by Gasteiger charge is -2.09. The highest BCUT2D eigenvalue weighted by molar-refractivity contribution is 7.18. The molecule has 138 valence electrons. The van der Waals surface area contributed by atoms with E-state index in [0.29, 0.717) is 20.7 Å². The molecule has 0 unspecified atom stereocenters. The van der Waals surface area contributed by atoms with E-state index in [1.54, 1.807) is 30.3 Å². The Morgan fingerprint density at radius 1 is 1.00 bits per heavy atom. The molecule has 0 atom stereocenters. The van der Waals surface area contributed by atoms with Crippen LogP contribution in [0.5, 0.6) is 0 Å². The molecule has 0 aliphatic rings. The first-order valence-electron chi connectivity index (χ1n) is 7.81. The van der Waals surface area contributed by atoms with E-state index < -0.39 is 11.8 Å². The maximum Gasteiger partial charge on any atom is 0.290 e. The van der Waals surface area contributed by atoms with E-state index in [-0.39, 0.29) is 17.2 Å². The second kappa shape index (κ2) is 7.38. The number of rotatable bonds is 3. The predicted octanol–water partition coefficient (Wildman–Crippen LogP) is 1.03. The smallest absolute Gasteiger partial charge is 0.290 e. The Hall–Kier alpha value is -3.53. The number of hydrogen-bond acceptors (Lipinski definition) is 6. The maximum atomic E-state index is 12.5. The fourth-order valence-corrected chi connectivity index (χ4v) is 3.25. The van der Waals surface area contributed by atoms with Gasteiger partial charge in [-0.1, -0.05) is 18.2 Å². The molecule has 0 saturated heterocycles. The van der Waals surface area contributed by atoms with Crippen LogP contribution in [0.1, 0.15) is 27.1 Å². The van der Waals surface area contributed by atoms with Crippen molar-refractivity contribution in [1.82, 2.24) is 20.6 Å². The lowest BCUT2D eigenvalue weighted by atomic mass is 10.1. The van der Waals surface area contributed by atoms with Crippen molar-refractivity contribution >= 4 is 44.8 Å². The van der Waals surface area contributed by atoms with Crippen LogP contribution >= 0.6 is 11.3 Å². The van der Waals surface area contributed by atoms with Gasteiger partial charge in [-0.25, -0.2) is 4.68 Å². The topological polar surface area (TPSA) is 122 Å². The minimum Gasteiger partial charge on any atom is -0.318 e. The molecule has 0 fully saturated rings. The summed E-state index contributed by atoms with van der Waals surface area (Å²) in [6.07, 6.45) is 0. The fraction of sp³-hybridized carbons (Fsp3) is 0.118. The molecule has 3 amide bonds. The van der Waals surface area contributed by atoms with Gasteiger partial charge in [-0.2, -0.15) is 5.10 Å². The van der Waals surface area contributed by atoms with E-state index in [1.807, 2.05) is 0 Å². The van der Waals surface area contributed by atoms with Gasteiger partial charge >= 0.3 is 0 Å². The van der Waals surface area contributed by atoms with E-state index in [9.17, 15) is 19.2 Å². The summed E-state index contributed by atoms with van der Waals surface area (Å²) < 4.78 is 1.07. The molecule has 1 aromatic carbocycles. The van der Waals surface area contributed by atoms with Gasteiger partial charge in [0.15, 0.2) is 5.69 Å². The second-order valence-corrected chi connectivity index (χ2v) is 6.66. The zero-order valence-corrected chi connectivity index (χ0v) is 15.2. The number of fused-ring (bicyclic) bond motifs is 1. The molecule has 27 heavy (non-hydrogen) atoms. The Morgan fingerprint density at radius 3 is 2.37 bits per heavy atom. The summed E-state index contributed by atoms with van der Waals surface area (Å²) in [5.74, 6) is -1.45. The van der Waals surface area contributed by atoms with Crippen LogP contribution in [-0.2, 0) is 11.8 Å². The monoisotopic (exact) mass is 385 g/mol. The van der Waals surface area contributed by atoms with Crippen molar-refractivity contribution in [2.24, 2.45) is 7.05 Å². The highest BCUT2D eigenvalue weighted by atomic mass is 32.1. The molecule has 9 nitrogen and oxygen atoms in total. The first kappa shape index (κ1) is 18.3. The van der Waals surface area contributed by atoms with Crippen LogP contribution < -0.4 is 21.7 Å². The Kier molecular flexibility index (Phi) is 4.99. The van der Waals surface area contributed by atoms with Gasteiger partial charge in [0.1, 0.15) is 0 Å². The van der Waals surface area contributed by atoms with Crippen molar-refractivity contribution in [2.75, 3.05) is 5.32 Å². The molecule has 3 N–H and O–H groups in total. The summed E-state index contributed by atoms with van der Waals surface area (Å²) in [7, 11) is 1.44. The largest absolute Gasteiger partial charge is 0.318 e. The third-order valence-corrected chi connectivity index (χ3v) is 4.59. The molecule has 2 aromatic heterocycles. The number of aryl methyl sites for hydroxylation is 1. The number of thiophene rings is 1. The highest BCUT2D eigenvalue weighted by Gasteiger charge is 2.17. The van der Waals surface area contributed by atoms with Crippen molar-refractivity contribution in [1.29, 1.82) is 0 Å². The van der Waals surface area contributed by atoms with Gasteiger partial charge < -0.3 is 5.32 Å². The molecule has 0 radical (unpaired) electrons. The number of carbonyl (C=O) groups is 3. The van der Waals surface area contributed by atoms with E-state index in [2.05, 4.69) is 21.3 Å². The maximum absolute atomic E-state index is 12.5. The molecular weight excluding hydrogens is 370 g/mol. The van der Waals surface area contributed by atoms with Crippen LogP contribution in [0, 0.1) is 0 Å². The normalized spacial score (nSPS) is 10.4. The molecule has 3 aromatic rings. The lowest BCUT2D eigenvalue weighted by Crippen LogP contribution is -2.42. The van der Waals surface area contributed by atoms with E-state index in [4.69, 9.17) is 0 Å². The summed E-state index contributed by atoms with van der Waals surface area (Å²) in [5.41, 5.74) is 4.27. The first-order chi connectivity index (χ1) is 12.9. The van der Waals surface area contributed by atoms with Crippen molar-refractivity contribution in [3.8, 4) is 0 Å². The number of hydrogen-bond donors (Lipinski definition) is 3. The highest BCUT2D eigenvalue weighted by Crippen LogP contribution is 2.21. The summed E-state index contributed by atoms with van der Waals surface area (Å²) in [4.78, 5) is 48.0. The quantitative estimate of drug-likeness (QED) is 0.581. The van der Waals surface area contributed by atoms with Crippen LogP contribution in [0.25, 0.3) is 10.8 Å². The van der Waals surface area contributed by atoms with Gasteiger partial charge in [0, 0.05) is 19.4 Å². The minimum atomic E-state index is -0.659. The number of aromatic nitrogens is 2. The Morgan fingerprint density at radius 2 is 1.67 bits per heavy atom. The average molecular weight is 385 g/mol. The van der Waals surface area contributed by atoms with Gasteiger partial charge in [0.05, 0.1) is 15.3 Å². The standard InChI is InChI=1S/C17H15N5O4S/c1-9(23)18-13-8-7-12(27-13)15(24)19-20-16(25)14-10-5-3-4-6-11(10)17(26)22(2)21-14/h3-8H,1-2H3,(H,18,23)(H,19,24)(H,20,25). The summed E-state index contributed by atoms with van der Waals surface area (Å²) in [6.45, 7) is 1.37. The van der Waals surface area contributed by atoms with Crippen LogP contribution in [0.2, 0.25) is 0 Å². The third kappa shape index (κ3) is 3.85. The number of anilines is 1.